The Hall–Kier alpha value is -4.58. The van der Waals surface area contributed by atoms with Crippen LogP contribution in [0.2, 0.25) is 5.02 Å². The molecule has 9 rings (SSSR count). The molecule has 0 spiro atoms. The quantitative estimate of drug-likeness (QED) is 0.175. The molecule has 3 fully saturated rings. The SMILES string of the molecule is COc1cc([C@@H]2c3sc(=O)[nH]c3S[C@@H]3[C@@H]4C[C@@H]([C@@H]5C(=O)N(c6ccc(Cl)cc6)C(=O)[C@@H]45)[C@H]23)ccc1OCC(=O)Nc1cccc2ccccc12. The van der Waals surface area contributed by atoms with Gasteiger partial charge in [-0.05, 0) is 77.6 Å². The molecular formula is C38H30ClN3O6S2. The standard InChI is InChI=1S/C38H30ClN3O6S2/c1-47-27-15-19(9-14-26(27)48-17-28(43)40-25-8-4-6-18-5-2-3-7-22(18)25)29-30-23-16-24(33(30)49-35-34(29)50-38(46)41-35)32-31(23)36(44)42(37(32)45)21-12-10-20(39)11-13-21/h2-15,23-24,29-33H,16-17H2,1H3,(H,40,43)(H,41,46)/t23-,24-,29+,30-,31+,32+,33-/m1/s1. The Balaban J connectivity index is 1.00. The van der Waals surface area contributed by atoms with Crippen molar-refractivity contribution in [2.45, 2.75) is 22.6 Å². The molecule has 2 aliphatic carbocycles. The van der Waals surface area contributed by atoms with Crippen molar-refractivity contribution in [2.24, 2.45) is 29.6 Å². The van der Waals surface area contributed by atoms with Crippen LogP contribution in [0.1, 0.15) is 22.8 Å². The maximum absolute atomic E-state index is 14.0. The van der Waals surface area contributed by atoms with E-state index < -0.39 is 11.8 Å². The number of nitrogens with zero attached hydrogens (tertiary/aromatic N) is 1. The number of thiazole rings is 1. The zero-order chi connectivity index (χ0) is 34.3. The Morgan fingerprint density at radius 2 is 1.70 bits per heavy atom. The Kier molecular flexibility index (Phi) is 7.56. The van der Waals surface area contributed by atoms with E-state index in [1.165, 1.54) is 16.2 Å². The van der Waals surface area contributed by atoms with Crippen LogP contribution in [0.4, 0.5) is 11.4 Å². The van der Waals surface area contributed by atoms with Crippen molar-refractivity contribution in [2.75, 3.05) is 23.9 Å². The highest BCUT2D eigenvalue weighted by molar-refractivity contribution is 8.00. The van der Waals surface area contributed by atoms with Crippen molar-refractivity contribution in [3.63, 3.8) is 0 Å². The number of carbonyl (C=O) groups excluding carboxylic acids is 3. The summed E-state index contributed by atoms with van der Waals surface area (Å²) in [6.45, 7) is -0.222. The number of nitrogens with one attached hydrogen (secondary N) is 2. The third-order valence-corrected chi connectivity index (χ3v) is 13.6. The van der Waals surface area contributed by atoms with Crippen LogP contribution in [-0.4, -0.2) is 41.7 Å². The Morgan fingerprint density at radius 3 is 2.50 bits per heavy atom. The average Bonchev–Trinajstić information content (AvgIpc) is 3.86. The number of rotatable bonds is 7. The van der Waals surface area contributed by atoms with E-state index in [0.717, 1.165) is 32.7 Å². The molecule has 12 heteroatoms. The molecule has 5 aromatic rings. The average molecular weight is 724 g/mol. The number of H-pyrrole nitrogens is 1. The van der Waals surface area contributed by atoms with Gasteiger partial charge in [0, 0.05) is 32.1 Å². The zero-order valence-corrected chi connectivity index (χ0v) is 29.0. The maximum atomic E-state index is 14.0. The van der Waals surface area contributed by atoms with Gasteiger partial charge in [-0.3, -0.25) is 24.1 Å². The van der Waals surface area contributed by atoms with E-state index in [2.05, 4.69) is 10.3 Å². The molecule has 2 saturated carbocycles. The summed E-state index contributed by atoms with van der Waals surface area (Å²) < 4.78 is 11.8. The second kappa shape index (κ2) is 12.0. The van der Waals surface area contributed by atoms with Crippen LogP contribution in [0.3, 0.4) is 0 Å². The third-order valence-electron chi connectivity index (χ3n) is 10.8. The lowest BCUT2D eigenvalue weighted by molar-refractivity contribution is -0.123. The number of hydrogen-bond donors (Lipinski definition) is 2. The largest absolute Gasteiger partial charge is 0.493 e. The number of ether oxygens (including phenoxy) is 2. The molecule has 1 saturated heterocycles. The van der Waals surface area contributed by atoms with Crippen LogP contribution in [0.5, 0.6) is 11.5 Å². The molecular weight excluding hydrogens is 694 g/mol. The molecule has 0 radical (unpaired) electrons. The number of imide groups is 1. The van der Waals surface area contributed by atoms with Crippen LogP contribution < -0.4 is 24.6 Å². The maximum Gasteiger partial charge on any atom is 0.305 e. The fraction of sp³-hybridized carbons (Fsp3) is 0.263. The van der Waals surface area contributed by atoms with E-state index in [0.29, 0.717) is 27.9 Å². The molecule has 3 amide bonds. The van der Waals surface area contributed by atoms with Gasteiger partial charge in [0.25, 0.3) is 5.91 Å². The predicted octanol–water partition coefficient (Wildman–Crippen LogP) is 6.95. The van der Waals surface area contributed by atoms with Gasteiger partial charge in [-0.2, -0.15) is 0 Å². The van der Waals surface area contributed by atoms with Crippen molar-refractivity contribution in [3.05, 3.63) is 110 Å². The summed E-state index contributed by atoms with van der Waals surface area (Å²) in [6.07, 6.45) is 0.781. The number of aromatic amines is 1. The molecule has 3 heterocycles. The molecule has 2 N–H and O–H groups in total. The zero-order valence-electron chi connectivity index (χ0n) is 26.6. The predicted molar refractivity (Wildman–Crippen MR) is 194 cm³/mol. The fourth-order valence-electron chi connectivity index (χ4n) is 8.90. The number of hydrogen-bond acceptors (Lipinski definition) is 8. The summed E-state index contributed by atoms with van der Waals surface area (Å²) in [7, 11) is 1.55. The first-order valence-corrected chi connectivity index (χ1v) is 18.5. The summed E-state index contributed by atoms with van der Waals surface area (Å²) in [5.41, 5.74) is 2.17. The lowest BCUT2D eigenvalue weighted by Gasteiger charge is -2.43. The van der Waals surface area contributed by atoms with E-state index in [1.807, 2.05) is 54.6 Å². The summed E-state index contributed by atoms with van der Waals surface area (Å²) in [4.78, 5) is 58.8. The molecule has 2 aliphatic heterocycles. The van der Waals surface area contributed by atoms with E-state index >= 15 is 0 Å². The highest BCUT2D eigenvalue weighted by Gasteiger charge is 2.69. The summed E-state index contributed by atoms with van der Waals surface area (Å²) in [6, 6.07) is 26.1. The van der Waals surface area contributed by atoms with E-state index in [1.54, 1.807) is 49.2 Å². The Morgan fingerprint density at radius 1 is 0.940 bits per heavy atom. The van der Waals surface area contributed by atoms with E-state index in [9.17, 15) is 19.2 Å². The number of benzene rings is 4. The van der Waals surface area contributed by atoms with Gasteiger partial charge in [0.1, 0.15) is 0 Å². The van der Waals surface area contributed by atoms with E-state index in [-0.39, 0.29) is 58.1 Å². The minimum absolute atomic E-state index is 0.00227. The van der Waals surface area contributed by atoms with Crippen LogP contribution in [0, 0.1) is 29.6 Å². The second-order valence-corrected chi connectivity index (χ2v) is 15.9. The highest BCUT2D eigenvalue weighted by atomic mass is 35.5. The summed E-state index contributed by atoms with van der Waals surface area (Å²) in [5.74, 6) is -0.764. The molecule has 9 nitrogen and oxygen atoms in total. The van der Waals surface area contributed by atoms with Gasteiger partial charge < -0.3 is 19.8 Å². The van der Waals surface area contributed by atoms with Crippen LogP contribution in [0.15, 0.2) is 94.7 Å². The number of halogens is 1. The molecule has 2 bridgehead atoms. The lowest BCUT2D eigenvalue weighted by Crippen LogP contribution is -2.42. The lowest BCUT2D eigenvalue weighted by atomic mass is 9.68. The molecule has 7 atom stereocenters. The van der Waals surface area contributed by atoms with Crippen molar-refractivity contribution >= 4 is 74.6 Å². The summed E-state index contributed by atoms with van der Waals surface area (Å²) >= 11 is 8.94. The number of fused-ring (bicyclic) bond motifs is 10. The van der Waals surface area contributed by atoms with Gasteiger partial charge in [-0.15, -0.1) is 11.8 Å². The van der Waals surface area contributed by atoms with Gasteiger partial charge >= 0.3 is 4.87 Å². The minimum atomic E-state index is -0.422. The molecule has 4 aromatic carbocycles. The second-order valence-electron chi connectivity index (χ2n) is 13.2. The number of thioether (sulfide) groups is 1. The number of carbonyl (C=O) groups is 3. The van der Waals surface area contributed by atoms with Crippen molar-refractivity contribution in [1.29, 1.82) is 0 Å². The number of aromatic nitrogens is 1. The normalized spacial score (nSPS) is 26.1. The van der Waals surface area contributed by atoms with Gasteiger partial charge in [0.05, 0.1) is 29.7 Å². The summed E-state index contributed by atoms with van der Waals surface area (Å²) in [5, 5.41) is 6.32. The fourth-order valence-corrected chi connectivity index (χ4v) is 11.9. The first-order valence-electron chi connectivity index (χ1n) is 16.4. The van der Waals surface area contributed by atoms with Crippen molar-refractivity contribution in [1.82, 2.24) is 4.98 Å². The van der Waals surface area contributed by atoms with E-state index in [4.69, 9.17) is 21.1 Å². The van der Waals surface area contributed by atoms with Gasteiger partial charge in [-0.25, -0.2) is 0 Å². The smallest absolute Gasteiger partial charge is 0.305 e. The number of methoxy groups -OCH3 is 1. The van der Waals surface area contributed by atoms with Gasteiger partial charge in [-0.1, -0.05) is 65.4 Å². The molecule has 0 unspecified atom stereocenters. The molecule has 50 heavy (non-hydrogen) atoms. The first-order chi connectivity index (χ1) is 24.3. The van der Waals surface area contributed by atoms with Crippen LogP contribution in [-0.2, 0) is 14.4 Å². The third kappa shape index (κ3) is 4.89. The van der Waals surface area contributed by atoms with Crippen LogP contribution >= 0.6 is 34.7 Å². The Bertz CT molecular complexity index is 2270. The molecule has 1 aromatic heterocycles. The molecule has 252 valence electrons. The van der Waals surface area contributed by atoms with Crippen molar-refractivity contribution in [3.8, 4) is 11.5 Å². The number of anilines is 2. The Labute approximate surface area is 299 Å². The topological polar surface area (TPSA) is 118 Å². The highest BCUT2D eigenvalue weighted by Crippen LogP contribution is 2.68. The van der Waals surface area contributed by atoms with Crippen LogP contribution in [0.25, 0.3) is 10.8 Å². The van der Waals surface area contributed by atoms with Gasteiger partial charge in [0.15, 0.2) is 18.1 Å². The first kappa shape index (κ1) is 31.4. The van der Waals surface area contributed by atoms with Crippen molar-refractivity contribution < 1.29 is 23.9 Å². The monoisotopic (exact) mass is 723 g/mol. The molecule has 4 aliphatic rings. The van der Waals surface area contributed by atoms with Gasteiger partial charge in [0.2, 0.25) is 11.8 Å². The minimum Gasteiger partial charge on any atom is -0.493 e. The number of amides is 3.